The molecule has 1 aliphatic rings. The second-order valence-corrected chi connectivity index (χ2v) is 7.98. The summed E-state index contributed by atoms with van der Waals surface area (Å²) >= 11 is 0. The largest absolute Gasteiger partial charge is 0.416 e. The zero-order valence-electron chi connectivity index (χ0n) is 18.7. The van der Waals surface area contributed by atoms with E-state index in [-0.39, 0.29) is 5.69 Å². The first-order chi connectivity index (χ1) is 16.2. The first-order valence-electron chi connectivity index (χ1n) is 10.7. The number of amides is 2. The summed E-state index contributed by atoms with van der Waals surface area (Å²) in [6.45, 7) is 5.62. The third-order valence-electron chi connectivity index (χ3n) is 5.33. The number of anilines is 4. The first-order valence-corrected chi connectivity index (χ1v) is 10.7. The maximum absolute atomic E-state index is 12.9. The van der Waals surface area contributed by atoms with Gasteiger partial charge in [0, 0.05) is 44.1 Å². The summed E-state index contributed by atoms with van der Waals surface area (Å²) in [5.41, 5.74) is 0.372. The normalized spacial score (nSPS) is 14.1. The van der Waals surface area contributed by atoms with Crippen molar-refractivity contribution in [1.82, 2.24) is 19.9 Å². The SMILES string of the molecule is Cc1ccnc(Nc2cc(N3CCN(C(=O)Nc4cccc(C(F)(F)F)c4)CC3)nc(C)n2)c1. The molecule has 3 aromatic rings. The summed E-state index contributed by atoms with van der Waals surface area (Å²) in [5, 5.41) is 5.75. The van der Waals surface area contributed by atoms with Crippen LogP contribution in [0.2, 0.25) is 0 Å². The lowest BCUT2D eigenvalue weighted by molar-refractivity contribution is -0.137. The van der Waals surface area contributed by atoms with Gasteiger partial charge in [0.25, 0.3) is 0 Å². The number of aromatic nitrogens is 3. The highest BCUT2D eigenvalue weighted by Gasteiger charge is 2.31. The van der Waals surface area contributed by atoms with Gasteiger partial charge in [0.1, 0.15) is 23.3 Å². The van der Waals surface area contributed by atoms with Gasteiger partial charge in [-0.15, -0.1) is 0 Å². The Bertz CT molecular complexity index is 1180. The van der Waals surface area contributed by atoms with Crippen molar-refractivity contribution < 1.29 is 18.0 Å². The number of halogens is 3. The highest BCUT2D eigenvalue weighted by molar-refractivity contribution is 5.89. The zero-order valence-corrected chi connectivity index (χ0v) is 18.7. The fourth-order valence-electron chi connectivity index (χ4n) is 3.63. The fraction of sp³-hybridized carbons (Fsp3) is 0.304. The average Bonchev–Trinajstić information content (AvgIpc) is 2.78. The van der Waals surface area contributed by atoms with E-state index < -0.39 is 17.8 Å². The molecule has 0 bridgehead atoms. The molecule has 8 nitrogen and oxygen atoms in total. The van der Waals surface area contributed by atoms with Crippen LogP contribution in [0.15, 0.2) is 48.7 Å². The zero-order chi connectivity index (χ0) is 24.3. The molecule has 3 heterocycles. The third kappa shape index (κ3) is 5.72. The monoisotopic (exact) mass is 471 g/mol. The number of urea groups is 1. The number of aryl methyl sites for hydroxylation is 2. The Balaban J connectivity index is 1.38. The van der Waals surface area contributed by atoms with E-state index in [2.05, 4.69) is 25.6 Å². The quantitative estimate of drug-likeness (QED) is 0.578. The molecule has 0 unspecified atom stereocenters. The molecule has 0 spiro atoms. The van der Waals surface area contributed by atoms with Crippen molar-refractivity contribution in [2.75, 3.05) is 41.7 Å². The van der Waals surface area contributed by atoms with Gasteiger partial charge in [0.2, 0.25) is 0 Å². The molecule has 0 atom stereocenters. The first kappa shape index (κ1) is 23.3. The molecule has 2 amide bonds. The number of carbonyl (C=O) groups excluding carboxylic acids is 1. The summed E-state index contributed by atoms with van der Waals surface area (Å²) in [7, 11) is 0. The number of carbonyl (C=O) groups is 1. The standard InChI is InChI=1S/C23H24F3N7O/c1-15-6-7-27-19(12-15)31-20-14-21(29-16(2)28-20)32-8-10-33(11-9-32)22(34)30-18-5-3-4-17(13-18)23(24,25)26/h3-7,12-14H,8-11H2,1-2H3,(H,30,34)(H,27,28,29,31). The molecule has 0 radical (unpaired) electrons. The Hall–Kier alpha value is -3.89. The highest BCUT2D eigenvalue weighted by Crippen LogP contribution is 2.30. The van der Waals surface area contributed by atoms with E-state index in [9.17, 15) is 18.0 Å². The van der Waals surface area contributed by atoms with Crippen LogP contribution in [0.25, 0.3) is 0 Å². The van der Waals surface area contributed by atoms with E-state index in [0.29, 0.717) is 43.6 Å². The van der Waals surface area contributed by atoms with Crippen molar-refractivity contribution in [1.29, 1.82) is 0 Å². The second kappa shape index (κ2) is 9.54. The van der Waals surface area contributed by atoms with Gasteiger partial charge in [0.15, 0.2) is 0 Å². The van der Waals surface area contributed by atoms with Crippen molar-refractivity contribution in [2.24, 2.45) is 0 Å². The van der Waals surface area contributed by atoms with E-state index in [0.717, 1.165) is 23.5 Å². The van der Waals surface area contributed by atoms with Crippen molar-refractivity contribution in [3.63, 3.8) is 0 Å². The van der Waals surface area contributed by atoms with Crippen molar-refractivity contribution in [3.05, 3.63) is 65.6 Å². The number of pyridine rings is 1. The molecule has 0 aliphatic carbocycles. The number of benzene rings is 1. The maximum atomic E-state index is 12.9. The molecular weight excluding hydrogens is 447 g/mol. The summed E-state index contributed by atoms with van der Waals surface area (Å²) < 4.78 is 38.7. The van der Waals surface area contributed by atoms with Gasteiger partial charge in [-0.1, -0.05) is 6.07 Å². The minimum Gasteiger partial charge on any atom is -0.353 e. The van der Waals surface area contributed by atoms with Crippen LogP contribution in [0.1, 0.15) is 17.0 Å². The van der Waals surface area contributed by atoms with E-state index >= 15 is 0 Å². The Morgan fingerprint density at radius 1 is 0.971 bits per heavy atom. The highest BCUT2D eigenvalue weighted by atomic mass is 19.4. The topological polar surface area (TPSA) is 86.3 Å². The summed E-state index contributed by atoms with van der Waals surface area (Å²) in [4.78, 5) is 29.4. The molecule has 178 valence electrons. The van der Waals surface area contributed by atoms with Crippen molar-refractivity contribution >= 4 is 29.2 Å². The molecule has 2 aromatic heterocycles. The van der Waals surface area contributed by atoms with E-state index in [1.807, 2.05) is 30.0 Å². The lowest BCUT2D eigenvalue weighted by Crippen LogP contribution is -2.50. The molecule has 11 heteroatoms. The molecule has 4 rings (SSSR count). The van der Waals surface area contributed by atoms with Gasteiger partial charge in [-0.3, -0.25) is 0 Å². The number of nitrogens with zero attached hydrogens (tertiary/aromatic N) is 5. The number of hydrogen-bond acceptors (Lipinski definition) is 6. The van der Waals surface area contributed by atoms with E-state index in [1.54, 1.807) is 18.0 Å². The van der Waals surface area contributed by atoms with Crippen LogP contribution in [0.3, 0.4) is 0 Å². The van der Waals surface area contributed by atoms with Gasteiger partial charge < -0.3 is 20.4 Å². The number of piperazine rings is 1. The van der Waals surface area contributed by atoms with Crippen LogP contribution >= 0.6 is 0 Å². The lowest BCUT2D eigenvalue weighted by Gasteiger charge is -2.35. The summed E-state index contributed by atoms with van der Waals surface area (Å²) in [6, 6.07) is 9.81. The predicted molar refractivity (Wildman–Crippen MR) is 123 cm³/mol. The van der Waals surface area contributed by atoms with E-state index in [1.165, 1.54) is 12.1 Å². The van der Waals surface area contributed by atoms with Crippen LogP contribution in [0, 0.1) is 13.8 Å². The lowest BCUT2D eigenvalue weighted by atomic mass is 10.2. The molecule has 1 aliphatic heterocycles. The van der Waals surface area contributed by atoms with Crippen LogP contribution in [0.4, 0.5) is 41.1 Å². The summed E-state index contributed by atoms with van der Waals surface area (Å²) in [5.74, 6) is 2.61. The van der Waals surface area contributed by atoms with Crippen LogP contribution < -0.4 is 15.5 Å². The van der Waals surface area contributed by atoms with Crippen molar-refractivity contribution in [2.45, 2.75) is 20.0 Å². The number of alkyl halides is 3. The fourth-order valence-corrected chi connectivity index (χ4v) is 3.63. The molecule has 1 aromatic carbocycles. The van der Waals surface area contributed by atoms with Gasteiger partial charge >= 0.3 is 12.2 Å². The number of hydrogen-bond donors (Lipinski definition) is 2. The average molecular weight is 471 g/mol. The molecule has 0 saturated carbocycles. The number of rotatable bonds is 4. The number of nitrogens with one attached hydrogen (secondary N) is 2. The predicted octanol–water partition coefficient (Wildman–Crippen LogP) is 4.60. The molecule has 1 fully saturated rings. The minimum absolute atomic E-state index is 0.106. The van der Waals surface area contributed by atoms with Crippen molar-refractivity contribution in [3.8, 4) is 0 Å². The molecular formula is C23H24F3N7O. The minimum atomic E-state index is -4.47. The Morgan fingerprint density at radius 2 is 1.74 bits per heavy atom. The van der Waals surface area contributed by atoms with E-state index in [4.69, 9.17) is 0 Å². The van der Waals surface area contributed by atoms with Gasteiger partial charge in [-0.25, -0.2) is 19.7 Å². The smallest absolute Gasteiger partial charge is 0.353 e. The Kier molecular flexibility index (Phi) is 6.53. The second-order valence-electron chi connectivity index (χ2n) is 7.98. The molecule has 1 saturated heterocycles. The third-order valence-corrected chi connectivity index (χ3v) is 5.33. The summed E-state index contributed by atoms with van der Waals surface area (Å²) in [6.07, 6.45) is -2.75. The van der Waals surface area contributed by atoms with Crippen LogP contribution in [0.5, 0.6) is 0 Å². The molecule has 2 N–H and O–H groups in total. The maximum Gasteiger partial charge on any atom is 0.416 e. The Labute approximate surface area is 194 Å². The molecule has 34 heavy (non-hydrogen) atoms. The van der Waals surface area contributed by atoms with Gasteiger partial charge in [-0.2, -0.15) is 13.2 Å². The van der Waals surface area contributed by atoms with Crippen LogP contribution in [-0.4, -0.2) is 52.1 Å². The van der Waals surface area contributed by atoms with Gasteiger partial charge in [0.05, 0.1) is 5.56 Å². The Morgan fingerprint density at radius 3 is 2.44 bits per heavy atom. The van der Waals surface area contributed by atoms with Gasteiger partial charge in [-0.05, 0) is 49.7 Å². The van der Waals surface area contributed by atoms with Crippen LogP contribution in [-0.2, 0) is 6.18 Å².